The Morgan fingerprint density at radius 1 is 1.32 bits per heavy atom. The normalized spacial score (nSPS) is 11.7. The van der Waals surface area contributed by atoms with Crippen LogP contribution in [0, 0.1) is 6.92 Å². The number of hydrogen-bond donors (Lipinski definition) is 3. The molecule has 0 atom stereocenters. The summed E-state index contributed by atoms with van der Waals surface area (Å²) in [6.45, 7) is 4.18. The lowest BCUT2D eigenvalue weighted by Gasteiger charge is -2.06. The SMILES string of the molecule is CCNS(=O)(=O)CCNC(=O)Cc1c[nH]c2c(C)cccc12. The monoisotopic (exact) mass is 323 g/mol. The molecular formula is C15H21N3O3S. The van der Waals surface area contributed by atoms with Crippen LogP contribution in [0.15, 0.2) is 24.4 Å². The Kier molecular flexibility index (Phi) is 5.20. The zero-order valence-corrected chi connectivity index (χ0v) is 13.6. The summed E-state index contributed by atoms with van der Waals surface area (Å²) in [7, 11) is -3.30. The number of carbonyl (C=O) groups excluding carboxylic acids is 1. The Balaban J connectivity index is 1.93. The van der Waals surface area contributed by atoms with Gasteiger partial charge in [-0.2, -0.15) is 0 Å². The number of nitrogens with one attached hydrogen (secondary N) is 3. The van der Waals surface area contributed by atoms with E-state index < -0.39 is 10.0 Å². The highest BCUT2D eigenvalue weighted by molar-refractivity contribution is 7.89. The van der Waals surface area contributed by atoms with E-state index in [0.717, 1.165) is 22.0 Å². The largest absolute Gasteiger partial charge is 0.361 e. The number of benzene rings is 1. The summed E-state index contributed by atoms with van der Waals surface area (Å²) in [6, 6.07) is 5.93. The van der Waals surface area contributed by atoms with E-state index in [0.29, 0.717) is 6.54 Å². The van der Waals surface area contributed by atoms with Gasteiger partial charge < -0.3 is 10.3 Å². The third kappa shape index (κ3) is 4.08. The predicted molar refractivity (Wildman–Crippen MR) is 87.2 cm³/mol. The molecule has 1 heterocycles. The van der Waals surface area contributed by atoms with Crippen molar-refractivity contribution in [3.63, 3.8) is 0 Å². The molecule has 2 rings (SSSR count). The average Bonchev–Trinajstić information content (AvgIpc) is 2.83. The summed E-state index contributed by atoms with van der Waals surface area (Å²) >= 11 is 0. The first kappa shape index (κ1) is 16.5. The van der Waals surface area contributed by atoms with Crippen LogP contribution in [0.2, 0.25) is 0 Å². The van der Waals surface area contributed by atoms with Crippen LogP contribution in [0.5, 0.6) is 0 Å². The smallest absolute Gasteiger partial charge is 0.224 e. The summed E-state index contributed by atoms with van der Waals surface area (Å²) < 4.78 is 25.3. The second-order valence-electron chi connectivity index (χ2n) is 5.15. The average molecular weight is 323 g/mol. The highest BCUT2D eigenvalue weighted by atomic mass is 32.2. The number of para-hydroxylation sites is 1. The van der Waals surface area contributed by atoms with Crippen molar-refractivity contribution in [2.24, 2.45) is 0 Å². The van der Waals surface area contributed by atoms with Gasteiger partial charge in [-0.1, -0.05) is 25.1 Å². The molecule has 0 bridgehead atoms. The van der Waals surface area contributed by atoms with Gasteiger partial charge in [0.2, 0.25) is 15.9 Å². The fourth-order valence-electron chi connectivity index (χ4n) is 2.36. The van der Waals surface area contributed by atoms with E-state index in [2.05, 4.69) is 15.0 Å². The number of aromatic amines is 1. The van der Waals surface area contributed by atoms with Gasteiger partial charge in [0.15, 0.2) is 0 Å². The van der Waals surface area contributed by atoms with Crippen molar-refractivity contribution < 1.29 is 13.2 Å². The molecule has 0 fully saturated rings. The molecule has 0 radical (unpaired) electrons. The van der Waals surface area contributed by atoms with Gasteiger partial charge in [-0.15, -0.1) is 0 Å². The molecule has 120 valence electrons. The maximum Gasteiger partial charge on any atom is 0.224 e. The summed E-state index contributed by atoms with van der Waals surface area (Å²) in [6.07, 6.45) is 2.05. The Labute approximate surface area is 130 Å². The molecule has 0 saturated heterocycles. The molecule has 1 aromatic carbocycles. The minimum atomic E-state index is -3.30. The number of fused-ring (bicyclic) bond motifs is 1. The summed E-state index contributed by atoms with van der Waals surface area (Å²) in [5.74, 6) is -0.298. The third-order valence-corrected chi connectivity index (χ3v) is 4.89. The molecule has 1 aromatic heterocycles. The van der Waals surface area contributed by atoms with Crippen molar-refractivity contribution in [3.8, 4) is 0 Å². The van der Waals surface area contributed by atoms with Crippen LogP contribution in [-0.4, -0.2) is 38.2 Å². The van der Waals surface area contributed by atoms with Crippen molar-refractivity contribution in [3.05, 3.63) is 35.5 Å². The number of amides is 1. The molecule has 0 spiro atoms. The van der Waals surface area contributed by atoms with Crippen LogP contribution >= 0.6 is 0 Å². The summed E-state index contributed by atoms with van der Waals surface area (Å²) in [5, 5.41) is 3.67. The van der Waals surface area contributed by atoms with Gasteiger partial charge in [0.05, 0.1) is 12.2 Å². The van der Waals surface area contributed by atoms with E-state index >= 15 is 0 Å². The highest BCUT2D eigenvalue weighted by Gasteiger charge is 2.12. The topological polar surface area (TPSA) is 91.1 Å². The number of sulfonamides is 1. The zero-order valence-electron chi connectivity index (χ0n) is 12.8. The summed E-state index contributed by atoms with van der Waals surface area (Å²) in [4.78, 5) is 15.1. The third-order valence-electron chi connectivity index (χ3n) is 3.42. The maximum atomic E-state index is 11.9. The van der Waals surface area contributed by atoms with E-state index in [4.69, 9.17) is 0 Å². The fraction of sp³-hybridized carbons (Fsp3) is 0.400. The minimum Gasteiger partial charge on any atom is -0.361 e. The lowest BCUT2D eigenvalue weighted by atomic mass is 10.1. The number of aromatic nitrogens is 1. The zero-order chi connectivity index (χ0) is 16.2. The number of aryl methyl sites for hydroxylation is 1. The predicted octanol–water partition coefficient (Wildman–Crippen LogP) is 1.07. The molecule has 22 heavy (non-hydrogen) atoms. The number of hydrogen-bond acceptors (Lipinski definition) is 3. The minimum absolute atomic E-state index is 0.107. The van der Waals surface area contributed by atoms with Crippen LogP contribution in [0.25, 0.3) is 10.9 Å². The Hall–Kier alpha value is -1.86. The molecule has 6 nitrogen and oxygen atoms in total. The molecule has 0 saturated carbocycles. The highest BCUT2D eigenvalue weighted by Crippen LogP contribution is 2.21. The van der Waals surface area contributed by atoms with Crippen molar-refractivity contribution in [1.29, 1.82) is 0 Å². The second-order valence-corrected chi connectivity index (χ2v) is 7.08. The Morgan fingerprint density at radius 2 is 2.09 bits per heavy atom. The van der Waals surface area contributed by atoms with Crippen LogP contribution in [0.4, 0.5) is 0 Å². The fourth-order valence-corrected chi connectivity index (χ4v) is 3.32. The standard InChI is InChI=1S/C15H21N3O3S/c1-3-18-22(20,21)8-7-16-14(19)9-12-10-17-15-11(2)5-4-6-13(12)15/h4-6,10,17-18H,3,7-9H2,1-2H3,(H,16,19). The van der Waals surface area contributed by atoms with Gasteiger partial charge in [-0.05, 0) is 18.1 Å². The maximum absolute atomic E-state index is 11.9. The first-order chi connectivity index (χ1) is 10.4. The van der Waals surface area contributed by atoms with E-state index in [1.54, 1.807) is 6.92 Å². The van der Waals surface area contributed by atoms with Gasteiger partial charge in [0.1, 0.15) is 0 Å². The molecular weight excluding hydrogens is 302 g/mol. The Bertz CT molecular complexity index is 765. The van der Waals surface area contributed by atoms with E-state index in [-0.39, 0.29) is 24.6 Å². The Morgan fingerprint density at radius 3 is 2.82 bits per heavy atom. The lowest BCUT2D eigenvalue weighted by molar-refractivity contribution is -0.120. The second kappa shape index (κ2) is 6.93. The first-order valence-electron chi connectivity index (χ1n) is 7.22. The number of rotatable bonds is 7. The molecule has 0 aliphatic heterocycles. The van der Waals surface area contributed by atoms with Gasteiger partial charge in [-0.3, -0.25) is 4.79 Å². The number of H-pyrrole nitrogens is 1. The molecule has 2 aromatic rings. The van der Waals surface area contributed by atoms with E-state index in [1.165, 1.54) is 0 Å². The van der Waals surface area contributed by atoms with Crippen LogP contribution < -0.4 is 10.0 Å². The quantitative estimate of drug-likeness (QED) is 0.712. The lowest BCUT2D eigenvalue weighted by Crippen LogP contribution is -2.34. The van der Waals surface area contributed by atoms with Gasteiger partial charge in [-0.25, -0.2) is 13.1 Å². The molecule has 1 amide bonds. The van der Waals surface area contributed by atoms with Crippen molar-refractivity contribution in [1.82, 2.24) is 15.0 Å². The van der Waals surface area contributed by atoms with E-state index in [9.17, 15) is 13.2 Å². The van der Waals surface area contributed by atoms with Crippen molar-refractivity contribution in [2.75, 3.05) is 18.8 Å². The number of carbonyl (C=O) groups is 1. The van der Waals surface area contributed by atoms with Gasteiger partial charge >= 0.3 is 0 Å². The molecule has 7 heteroatoms. The molecule has 0 unspecified atom stereocenters. The van der Waals surface area contributed by atoms with Crippen LogP contribution in [0.1, 0.15) is 18.1 Å². The molecule has 0 aliphatic carbocycles. The first-order valence-corrected chi connectivity index (χ1v) is 8.88. The molecule has 0 aliphatic rings. The van der Waals surface area contributed by atoms with Crippen molar-refractivity contribution >= 4 is 26.8 Å². The van der Waals surface area contributed by atoms with Crippen LogP contribution in [0.3, 0.4) is 0 Å². The summed E-state index contributed by atoms with van der Waals surface area (Å²) in [5.41, 5.74) is 3.06. The van der Waals surface area contributed by atoms with Crippen LogP contribution in [-0.2, 0) is 21.2 Å². The van der Waals surface area contributed by atoms with Gasteiger partial charge in [0.25, 0.3) is 0 Å². The van der Waals surface area contributed by atoms with Crippen molar-refractivity contribution in [2.45, 2.75) is 20.3 Å². The van der Waals surface area contributed by atoms with E-state index in [1.807, 2.05) is 31.3 Å². The van der Waals surface area contributed by atoms with Gasteiger partial charge in [0, 0.05) is 30.2 Å². The molecule has 3 N–H and O–H groups in total.